The molecule has 0 aliphatic carbocycles. The first-order valence-electron chi connectivity index (χ1n) is 10.4. The number of nitrogens with zero attached hydrogens (tertiary/aromatic N) is 3. The normalized spacial score (nSPS) is 15.6. The van der Waals surface area contributed by atoms with Gasteiger partial charge in [0.1, 0.15) is 11.5 Å². The lowest BCUT2D eigenvalue weighted by atomic mass is 9.99. The van der Waals surface area contributed by atoms with Crippen molar-refractivity contribution in [1.82, 2.24) is 15.1 Å². The number of aliphatic imine (C=N–C) groups is 1. The van der Waals surface area contributed by atoms with Gasteiger partial charge in [0.05, 0.1) is 14.2 Å². The number of benzene rings is 1. The fourth-order valence-electron chi connectivity index (χ4n) is 3.64. The molecule has 0 bridgehead atoms. The molecule has 1 aromatic carbocycles. The lowest BCUT2D eigenvalue weighted by molar-refractivity contribution is 0.189. The standard InChI is InChI=1S/C22H38N4O2.HI/c1-18-10-14-26(15-11-18)13-7-6-12-24-22(23-2)25(3)17-19-8-9-20(27-4)16-21(19)28-5;/h8-9,16,18H,6-7,10-15,17H2,1-5H3,(H,23,24);1H. The Hall–Kier alpha value is -1.22. The van der Waals surface area contributed by atoms with Crippen molar-refractivity contribution in [2.24, 2.45) is 10.9 Å². The fraction of sp³-hybridized carbons (Fsp3) is 0.682. The average Bonchev–Trinajstić information content (AvgIpc) is 2.72. The Morgan fingerprint density at radius 3 is 2.55 bits per heavy atom. The molecule has 0 amide bonds. The molecule has 2 rings (SSSR count). The van der Waals surface area contributed by atoms with E-state index in [-0.39, 0.29) is 24.0 Å². The van der Waals surface area contributed by atoms with Gasteiger partial charge >= 0.3 is 0 Å². The lowest BCUT2D eigenvalue weighted by Gasteiger charge is -2.30. The van der Waals surface area contributed by atoms with Crippen LogP contribution in [-0.4, -0.2) is 70.3 Å². The summed E-state index contributed by atoms with van der Waals surface area (Å²) in [7, 11) is 7.24. The quantitative estimate of drug-likeness (QED) is 0.233. The third-order valence-electron chi connectivity index (χ3n) is 5.54. The number of hydrogen-bond acceptors (Lipinski definition) is 4. The largest absolute Gasteiger partial charge is 0.497 e. The smallest absolute Gasteiger partial charge is 0.193 e. The molecular formula is C22H39IN4O2. The molecule has 1 N–H and O–H groups in total. The van der Waals surface area contributed by atoms with Crippen LogP contribution in [0.1, 0.15) is 38.2 Å². The Morgan fingerprint density at radius 1 is 1.21 bits per heavy atom. The van der Waals surface area contributed by atoms with E-state index < -0.39 is 0 Å². The van der Waals surface area contributed by atoms with Gasteiger partial charge in [0.2, 0.25) is 0 Å². The van der Waals surface area contributed by atoms with E-state index in [1.807, 2.05) is 32.3 Å². The van der Waals surface area contributed by atoms with E-state index in [4.69, 9.17) is 9.47 Å². The third kappa shape index (κ3) is 8.58. The van der Waals surface area contributed by atoms with E-state index in [0.717, 1.165) is 48.5 Å². The maximum absolute atomic E-state index is 5.51. The number of methoxy groups -OCH3 is 2. The third-order valence-corrected chi connectivity index (χ3v) is 5.54. The highest BCUT2D eigenvalue weighted by Gasteiger charge is 2.15. The van der Waals surface area contributed by atoms with Gasteiger partial charge in [0.15, 0.2) is 5.96 Å². The summed E-state index contributed by atoms with van der Waals surface area (Å²) in [4.78, 5) is 9.15. The first-order valence-corrected chi connectivity index (χ1v) is 10.4. The van der Waals surface area contributed by atoms with Crippen LogP contribution in [0.5, 0.6) is 11.5 Å². The van der Waals surface area contributed by atoms with Crippen molar-refractivity contribution in [1.29, 1.82) is 0 Å². The number of halogens is 1. The summed E-state index contributed by atoms with van der Waals surface area (Å²) < 4.78 is 10.8. The second-order valence-electron chi connectivity index (χ2n) is 7.74. The van der Waals surface area contributed by atoms with Gasteiger partial charge in [-0.15, -0.1) is 24.0 Å². The molecule has 1 aromatic rings. The highest BCUT2D eigenvalue weighted by atomic mass is 127. The van der Waals surface area contributed by atoms with Crippen molar-refractivity contribution in [3.05, 3.63) is 23.8 Å². The Morgan fingerprint density at radius 2 is 1.93 bits per heavy atom. The number of likely N-dealkylation sites (tertiary alicyclic amines) is 1. The van der Waals surface area contributed by atoms with Crippen molar-refractivity contribution < 1.29 is 9.47 Å². The molecule has 1 fully saturated rings. The van der Waals surface area contributed by atoms with E-state index in [0.29, 0.717) is 0 Å². The molecule has 0 radical (unpaired) electrons. The van der Waals surface area contributed by atoms with Gasteiger partial charge < -0.3 is 24.6 Å². The number of guanidine groups is 1. The van der Waals surface area contributed by atoms with Crippen LogP contribution in [0.3, 0.4) is 0 Å². The Balaban J connectivity index is 0.00000420. The molecule has 0 atom stereocenters. The van der Waals surface area contributed by atoms with Crippen LogP contribution in [0.4, 0.5) is 0 Å². The minimum Gasteiger partial charge on any atom is -0.497 e. The van der Waals surface area contributed by atoms with Gasteiger partial charge in [0.25, 0.3) is 0 Å². The van der Waals surface area contributed by atoms with Crippen molar-refractivity contribution in [2.75, 3.05) is 54.5 Å². The van der Waals surface area contributed by atoms with Crippen molar-refractivity contribution in [3.8, 4) is 11.5 Å². The second-order valence-corrected chi connectivity index (χ2v) is 7.74. The summed E-state index contributed by atoms with van der Waals surface area (Å²) in [6.07, 6.45) is 5.09. The summed E-state index contributed by atoms with van der Waals surface area (Å²) in [6, 6.07) is 5.92. The highest BCUT2D eigenvalue weighted by molar-refractivity contribution is 14.0. The molecule has 6 nitrogen and oxygen atoms in total. The van der Waals surface area contributed by atoms with Crippen molar-refractivity contribution in [3.63, 3.8) is 0 Å². The molecule has 0 aromatic heterocycles. The van der Waals surface area contributed by atoms with E-state index in [9.17, 15) is 0 Å². The van der Waals surface area contributed by atoms with Crippen LogP contribution in [0.2, 0.25) is 0 Å². The van der Waals surface area contributed by atoms with E-state index in [1.54, 1.807) is 14.2 Å². The van der Waals surface area contributed by atoms with Gasteiger partial charge in [-0.05, 0) is 63.4 Å². The molecule has 1 aliphatic heterocycles. The molecule has 1 heterocycles. The summed E-state index contributed by atoms with van der Waals surface area (Å²) in [6.45, 7) is 7.78. The topological polar surface area (TPSA) is 49.3 Å². The van der Waals surface area contributed by atoms with Gasteiger partial charge in [-0.2, -0.15) is 0 Å². The molecule has 166 valence electrons. The highest BCUT2D eigenvalue weighted by Crippen LogP contribution is 2.25. The van der Waals surface area contributed by atoms with Crippen LogP contribution in [0, 0.1) is 5.92 Å². The molecule has 0 saturated carbocycles. The average molecular weight is 518 g/mol. The Labute approximate surface area is 194 Å². The summed E-state index contributed by atoms with van der Waals surface area (Å²) in [5, 5.41) is 3.49. The number of ether oxygens (including phenoxy) is 2. The predicted molar refractivity (Wildman–Crippen MR) is 132 cm³/mol. The summed E-state index contributed by atoms with van der Waals surface area (Å²) in [5.74, 6) is 3.44. The SMILES string of the molecule is CN=C(NCCCCN1CCC(C)CC1)N(C)Cc1ccc(OC)cc1OC.I. The number of nitrogens with one attached hydrogen (secondary N) is 1. The van der Waals surface area contributed by atoms with Crippen LogP contribution in [-0.2, 0) is 6.54 Å². The minimum absolute atomic E-state index is 0. The number of rotatable bonds is 9. The number of piperidine rings is 1. The summed E-state index contributed by atoms with van der Waals surface area (Å²) >= 11 is 0. The van der Waals surface area contributed by atoms with Gasteiger partial charge in [-0.1, -0.05) is 6.92 Å². The molecular weight excluding hydrogens is 479 g/mol. The lowest BCUT2D eigenvalue weighted by Crippen LogP contribution is -2.39. The Bertz CT molecular complexity index is 619. The number of hydrogen-bond donors (Lipinski definition) is 1. The van der Waals surface area contributed by atoms with Crippen LogP contribution >= 0.6 is 24.0 Å². The monoisotopic (exact) mass is 518 g/mol. The van der Waals surface area contributed by atoms with Crippen molar-refractivity contribution >= 4 is 29.9 Å². The minimum atomic E-state index is 0. The molecule has 7 heteroatoms. The zero-order valence-electron chi connectivity index (χ0n) is 18.7. The zero-order chi connectivity index (χ0) is 20.4. The fourth-order valence-corrected chi connectivity index (χ4v) is 3.64. The van der Waals surface area contributed by atoms with E-state index in [2.05, 4.69) is 27.0 Å². The maximum Gasteiger partial charge on any atom is 0.193 e. The molecule has 29 heavy (non-hydrogen) atoms. The second kappa shape index (κ2) is 13.9. The van der Waals surface area contributed by atoms with Crippen LogP contribution in [0.15, 0.2) is 23.2 Å². The van der Waals surface area contributed by atoms with Crippen LogP contribution in [0.25, 0.3) is 0 Å². The van der Waals surface area contributed by atoms with E-state index >= 15 is 0 Å². The summed E-state index contributed by atoms with van der Waals surface area (Å²) in [5.41, 5.74) is 1.10. The van der Waals surface area contributed by atoms with Gasteiger partial charge in [-0.25, -0.2) is 0 Å². The van der Waals surface area contributed by atoms with E-state index in [1.165, 1.54) is 38.9 Å². The molecule has 0 unspecified atom stereocenters. The molecule has 1 saturated heterocycles. The predicted octanol–water partition coefficient (Wildman–Crippen LogP) is 3.84. The van der Waals surface area contributed by atoms with Gasteiger partial charge in [-0.3, -0.25) is 4.99 Å². The Kier molecular flexibility index (Phi) is 12.4. The van der Waals surface area contributed by atoms with Crippen LogP contribution < -0.4 is 14.8 Å². The molecule has 0 spiro atoms. The van der Waals surface area contributed by atoms with Crippen molar-refractivity contribution in [2.45, 2.75) is 39.2 Å². The van der Waals surface area contributed by atoms with Gasteiger partial charge in [0, 0.05) is 38.8 Å². The first kappa shape index (κ1) is 25.8. The maximum atomic E-state index is 5.51. The first-order chi connectivity index (χ1) is 13.6. The number of unbranched alkanes of at least 4 members (excludes halogenated alkanes) is 1. The zero-order valence-corrected chi connectivity index (χ0v) is 21.1. The molecule has 1 aliphatic rings.